The van der Waals surface area contributed by atoms with Crippen molar-refractivity contribution in [1.82, 2.24) is 4.98 Å². The van der Waals surface area contributed by atoms with Crippen LogP contribution < -0.4 is 0 Å². The van der Waals surface area contributed by atoms with E-state index in [0.29, 0.717) is 6.42 Å². The van der Waals surface area contributed by atoms with Gasteiger partial charge in [0.05, 0.1) is 5.92 Å². The largest absolute Gasteiger partial charge is 0.481 e. The van der Waals surface area contributed by atoms with Crippen molar-refractivity contribution in [3.8, 4) is 0 Å². The van der Waals surface area contributed by atoms with Crippen molar-refractivity contribution in [2.75, 3.05) is 0 Å². The summed E-state index contributed by atoms with van der Waals surface area (Å²) in [4.78, 5) is 15.7. The molecule has 3 nitrogen and oxygen atoms in total. The van der Waals surface area contributed by atoms with Gasteiger partial charge in [-0.05, 0) is 40.5 Å². The van der Waals surface area contributed by atoms with Crippen LogP contribution in [0.5, 0.6) is 0 Å². The van der Waals surface area contributed by atoms with E-state index < -0.39 is 11.9 Å². The van der Waals surface area contributed by atoms with Crippen molar-refractivity contribution in [2.24, 2.45) is 0 Å². The van der Waals surface area contributed by atoms with Gasteiger partial charge >= 0.3 is 5.97 Å². The number of benzene rings is 1. The molecule has 1 aromatic carbocycles. The van der Waals surface area contributed by atoms with Gasteiger partial charge in [-0.1, -0.05) is 29.8 Å². The third-order valence-corrected chi connectivity index (χ3v) is 3.41. The summed E-state index contributed by atoms with van der Waals surface area (Å²) in [7, 11) is 0. The average Bonchev–Trinajstić information content (AvgIpc) is 2.37. The summed E-state index contributed by atoms with van der Waals surface area (Å²) in [6, 6.07) is 11.3. The molecule has 0 fully saturated rings. The molecule has 0 saturated carbocycles. The lowest BCUT2D eigenvalue weighted by atomic mass is 9.93. The number of aliphatic carboxylic acids is 1. The van der Waals surface area contributed by atoms with Gasteiger partial charge in [-0.15, -0.1) is 0 Å². The first-order valence-corrected chi connectivity index (χ1v) is 6.75. The molecule has 1 atom stereocenters. The summed E-state index contributed by atoms with van der Waals surface area (Å²) in [5.74, 6) is -1.39. The third kappa shape index (κ3) is 3.64. The Hall–Kier alpha value is -1.68. The van der Waals surface area contributed by atoms with Crippen LogP contribution in [-0.4, -0.2) is 16.1 Å². The molecule has 0 radical (unpaired) electrons. The predicted molar refractivity (Wildman–Crippen MR) is 77.2 cm³/mol. The summed E-state index contributed by atoms with van der Waals surface area (Å²) >= 11 is 3.32. The van der Waals surface area contributed by atoms with Crippen LogP contribution in [-0.2, 0) is 11.2 Å². The highest BCUT2D eigenvalue weighted by atomic mass is 79.9. The molecule has 2 rings (SSSR count). The Balaban J connectivity index is 2.26. The number of carboxylic acids is 1. The van der Waals surface area contributed by atoms with Crippen LogP contribution in [0, 0.1) is 6.92 Å². The molecule has 0 aliphatic rings. The number of aryl methyl sites for hydroxylation is 1. The Bertz CT molecular complexity index is 581. The van der Waals surface area contributed by atoms with Crippen molar-refractivity contribution in [3.63, 3.8) is 0 Å². The van der Waals surface area contributed by atoms with Crippen LogP contribution in [0.2, 0.25) is 0 Å². The molecule has 0 aliphatic heterocycles. The van der Waals surface area contributed by atoms with Crippen molar-refractivity contribution in [2.45, 2.75) is 19.3 Å². The second-order valence-electron chi connectivity index (χ2n) is 4.48. The zero-order valence-corrected chi connectivity index (χ0v) is 12.1. The summed E-state index contributed by atoms with van der Waals surface area (Å²) in [5, 5.41) is 9.40. The first-order chi connectivity index (χ1) is 9.06. The maximum Gasteiger partial charge on any atom is 0.311 e. The standard InChI is InChI=1S/C15H14BrNO2/c1-10-3-2-4-11(7-10)14(15(18)19)8-13-6-5-12(16)9-17-13/h2-7,9,14H,8H2,1H3,(H,18,19). The summed E-state index contributed by atoms with van der Waals surface area (Å²) < 4.78 is 0.888. The second kappa shape index (κ2) is 5.97. The van der Waals surface area contributed by atoms with E-state index in [1.165, 1.54) is 0 Å². The molecule has 1 N–H and O–H groups in total. The first kappa shape index (κ1) is 13.7. The van der Waals surface area contributed by atoms with Gasteiger partial charge in [0, 0.05) is 22.8 Å². The molecule has 1 aromatic heterocycles. The number of carboxylic acid groups (broad SMARTS) is 1. The SMILES string of the molecule is Cc1cccc(C(Cc2ccc(Br)cn2)C(=O)O)c1. The van der Waals surface area contributed by atoms with Gasteiger partial charge in [0.15, 0.2) is 0 Å². The van der Waals surface area contributed by atoms with E-state index in [1.807, 2.05) is 43.3 Å². The molecule has 0 aliphatic carbocycles. The molecule has 0 amide bonds. The lowest BCUT2D eigenvalue weighted by Crippen LogP contribution is -2.15. The van der Waals surface area contributed by atoms with Crippen LogP contribution in [0.1, 0.15) is 22.7 Å². The molecule has 4 heteroatoms. The summed E-state index contributed by atoms with van der Waals surface area (Å²) in [6.45, 7) is 1.96. The molecule has 0 spiro atoms. The quantitative estimate of drug-likeness (QED) is 0.937. The van der Waals surface area contributed by atoms with Gasteiger partial charge in [-0.3, -0.25) is 9.78 Å². The fourth-order valence-electron chi connectivity index (χ4n) is 1.97. The van der Waals surface area contributed by atoms with E-state index in [1.54, 1.807) is 6.20 Å². The fourth-order valence-corrected chi connectivity index (χ4v) is 2.21. The highest BCUT2D eigenvalue weighted by Crippen LogP contribution is 2.22. The number of hydrogen-bond donors (Lipinski definition) is 1. The van der Waals surface area contributed by atoms with Crippen LogP contribution in [0.25, 0.3) is 0 Å². The van der Waals surface area contributed by atoms with Crippen LogP contribution in [0.15, 0.2) is 47.1 Å². The molecular formula is C15H14BrNO2. The van der Waals surface area contributed by atoms with E-state index in [0.717, 1.165) is 21.3 Å². The number of pyridine rings is 1. The van der Waals surface area contributed by atoms with Crippen LogP contribution in [0.4, 0.5) is 0 Å². The number of halogens is 1. The van der Waals surface area contributed by atoms with Gasteiger partial charge in [0.2, 0.25) is 0 Å². The Morgan fingerprint density at radius 2 is 2.16 bits per heavy atom. The van der Waals surface area contributed by atoms with E-state index in [4.69, 9.17) is 0 Å². The smallest absolute Gasteiger partial charge is 0.311 e. The first-order valence-electron chi connectivity index (χ1n) is 5.96. The molecule has 1 heterocycles. The zero-order chi connectivity index (χ0) is 13.8. The highest BCUT2D eigenvalue weighted by Gasteiger charge is 2.20. The molecule has 98 valence electrons. The van der Waals surface area contributed by atoms with Crippen molar-refractivity contribution >= 4 is 21.9 Å². The topological polar surface area (TPSA) is 50.2 Å². The Morgan fingerprint density at radius 3 is 2.74 bits per heavy atom. The minimum absolute atomic E-state index is 0.395. The summed E-state index contributed by atoms with van der Waals surface area (Å²) in [6.07, 6.45) is 2.08. The number of rotatable bonds is 4. The Morgan fingerprint density at radius 1 is 1.37 bits per heavy atom. The van der Waals surface area contributed by atoms with Gasteiger partial charge in [0.25, 0.3) is 0 Å². The second-order valence-corrected chi connectivity index (χ2v) is 5.39. The number of nitrogens with zero attached hydrogens (tertiary/aromatic N) is 1. The van der Waals surface area contributed by atoms with E-state index in [9.17, 15) is 9.90 Å². The van der Waals surface area contributed by atoms with Crippen LogP contribution >= 0.6 is 15.9 Å². The van der Waals surface area contributed by atoms with Gasteiger partial charge in [0.1, 0.15) is 0 Å². The minimum Gasteiger partial charge on any atom is -0.481 e. The third-order valence-electron chi connectivity index (χ3n) is 2.94. The van der Waals surface area contributed by atoms with Gasteiger partial charge < -0.3 is 5.11 Å². The number of carbonyl (C=O) groups is 1. The molecule has 0 saturated heterocycles. The molecule has 2 aromatic rings. The monoisotopic (exact) mass is 319 g/mol. The molecule has 1 unspecified atom stereocenters. The zero-order valence-electron chi connectivity index (χ0n) is 10.5. The Labute approximate surface area is 120 Å². The molecular weight excluding hydrogens is 306 g/mol. The van der Waals surface area contributed by atoms with Gasteiger partial charge in [-0.25, -0.2) is 0 Å². The van der Waals surface area contributed by atoms with Crippen molar-refractivity contribution < 1.29 is 9.90 Å². The summed E-state index contributed by atoms with van der Waals surface area (Å²) in [5.41, 5.74) is 2.65. The normalized spacial score (nSPS) is 12.1. The maximum absolute atomic E-state index is 11.4. The van der Waals surface area contributed by atoms with Crippen molar-refractivity contribution in [3.05, 3.63) is 63.9 Å². The minimum atomic E-state index is -0.824. The number of hydrogen-bond acceptors (Lipinski definition) is 2. The fraction of sp³-hybridized carbons (Fsp3) is 0.200. The lowest BCUT2D eigenvalue weighted by Gasteiger charge is -2.13. The lowest BCUT2D eigenvalue weighted by molar-refractivity contribution is -0.138. The number of aromatic nitrogens is 1. The highest BCUT2D eigenvalue weighted by molar-refractivity contribution is 9.10. The molecule has 19 heavy (non-hydrogen) atoms. The Kier molecular flexibility index (Phi) is 4.32. The predicted octanol–water partition coefficient (Wildman–Crippen LogP) is 3.56. The maximum atomic E-state index is 11.4. The van der Waals surface area contributed by atoms with E-state index in [-0.39, 0.29) is 0 Å². The van der Waals surface area contributed by atoms with Gasteiger partial charge in [-0.2, -0.15) is 0 Å². The van der Waals surface area contributed by atoms with E-state index in [2.05, 4.69) is 20.9 Å². The molecule has 0 bridgehead atoms. The van der Waals surface area contributed by atoms with Crippen LogP contribution in [0.3, 0.4) is 0 Å². The average molecular weight is 320 g/mol. The van der Waals surface area contributed by atoms with E-state index >= 15 is 0 Å². The van der Waals surface area contributed by atoms with Crippen molar-refractivity contribution in [1.29, 1.82) is 0 Å².